The molecule has 0 aliphatic carbocycles. The van der Waals surface area contributed by atoms with E-state index >= 15 is 0 Å². The maximum Gasteiger partial charge on any atom is 0.255 e. The number of halogens is 4. The van der Waals surface area contributed by atoms with E-state index < -0.39 is 10.5 Å². The summed E-state index contributed by atoms with van der Waals surface area (Å²) in [7, 11) is 0. The fourth-order valence-electron chi connectivity index (χ4n) is 1.44. The highest BCUT2D eigenvalue weighted by Gasteiger charge is 2.20. The highest BCUT2D eigenvalue weighted by molar-refractivity contribution is 6.72. The standard InChI is InChI=1S/C10H2Cl4N2O2/c11-7-8(12)16-6-4(15-7)2-1-3(9(13)17)5(6)10(14)18/h1-2H. The monoisotopic (exact) mass is 322 g/mol. The van der Waals surface area contributed by atoms with Gasteiger partial charge in [-0.05, 0) is 35.3 Å². The minimum atomic E-state index is -0.878. The number of carbonyl (C=O) groups is 2. The molecule has 1 heterocycles. The largest absolute Gasteiger partial charge is 0.276 e. The van der Waals surface area contributed by atoms with Crippen molar-refractivity contribution in [3.8, 4) is 0 Å². The third-order valence-corrected chi connectivity index (χ3v) is 3.18. The number of aromatic nitrogens is 2. The summed E-state index contributed by atoms with van der Waals surface area (Å²) in [5.74, 6) is 0. The second-order valence-corrected chi connectivity index (χ2v) is 4.61. The molecule has 8 heteroatoms. The molecule has 2 aromatic rings. The van der Waals surface area contributed by atoms with Crippen molar-refractivity contribution in [3.05, 3.63) is 33.6 Å². The van der Waals surface area contributed by atoms with Gasteiger partial charge < -0.3 is 0 Å². The van der Waals surface area contributed by atoms with Gasteiger partial charge in [0.15, 0.2) is 10.3 Å². The molecule has 4 nitrogen and oxygen atoms in total. The number of fused-ring (bicyclic) bond motifs is 1. The lowest BCUT2D eigenvalue weighted by molar-refractivity contribution is 0.105. The Morgan fingerprint density at radius 1 is 0.944 bits per heavy atom. The van der Waals surface area contributed by atoms with Gasteiger partial charge in [0.2, 0.25) is 0 Å². The van der Waals surface area contributed by atoms with Gasteiger partial charge in [-0.3, -0.25) is 9.59 Å². The van der Waals surface area contributed by atoms with Crippen molar-refractivity contribution >= 4 is 67.9 Å². The van der Waals surface area contributed by atoms with E-state index in [-0.39, 0.29) is 32.5 Å². The van der Waals surface area contributed by atoms with Gasteiger partial charge in [-0.2, -0.15) is 0 Å². The summed E-state index contributed by atoms with van der Waals surface area (Å²) >= 11 is 22.2. The molecule has 0 radical (unpaired) electrons. The van der Waals surface area contributed by atoms with Crippen LogP contribution in [0.25, 0.3) is 11.0 Å². The Labute approximate surface area is 121 Å². The molecule has 0 bridgehead atoms. The molecular formula is C10H2Cl4N2O2. The van der Waals surface area contributed by atoms with Crippen LogP contribution in [0, 0.1) is 0 Å². The van der Waals surface area contributed by atoms with Gasteiger partial charge in [0, 0.05) is 5.56 Å². The molecular weight excluding hydrogens is 322 g/mol. The number of nitrogens with zero attached hydrogens (tertiary/aromatic N) is 2. The Hall–Kier alpha value is -0.940. The van der Waals surface area contributed by atoms with Gasteiger partial charge in [-0.15, -0.1) is 0 Å². The van der Waals surface area contributed by atoms with Crippen molar-refractivity contribution in [3.63, 3.8) is 0 Å². The summed E-state index contributed by atoms with van der Waals surface area (Å²) in [5, 5.41) is -1.81. The van der Waals surface area contributed by atoms with Crippen LogP contribution in [0.3, 0.4) is 0 Å². The lowest BCUT2D eigenvalue weighted by atomic mass is 10.1. The molecule has 0 fully saturated rings. The molecule has 0 spiro atoms. The summed E-state index contributed by atoms with van der Waals surface area (Å²) in [5.41, 5.74) is 0.169. The molecule has 0 aliphatic heterocycles. The Bertz CT molecular complexity index is 687. The smallest absolute Gasteiger partial charge is 0.255 e. The van der Waals surface area contributed by atoms with Crippen molar-refractivity contribution in [2.45, 2.75) is 0 Å². The zero-order chi connectivity index (χ0) is 13.4. The summed E-state index contributed by atoms with van der Waals surface area (Å²) in [6.07, 6.45) is 0. The zero-order valence-electron chi connectivity index (χ0n) is 8.38. The second-order valence-electron chi connectivity index (χ2n) is 3.21. The van der Waals surface area contributed by atoms with Gasteiger partial charge in [0.05, 0.1) is 11.1 Å². The summed E-state index contributed by atoms with van der Waals surface area (Å²) in [6, 6.07) is 2.77. The predicted molar refractivity (Wildman–Crippen MR) is 69.9 cm³/mol. The second kappa shape index (κ2) is 4.97. The minimum absolute atomic E-state index is 0.0120. The fraction of sp³-hybridized carbons (Fsp3) is 0. The fourth-order valence-corrected chi connectivity index (χ4v) is 2.05. The normalized spacial score (nSPS) is 10.7. The maximum absolute atomic E-state index is 11.4. The molecule has 0 aliphatic rings. The number of rotatable bonds is 2. The summed E-state index contributed by atoms with van der Waals surface area (Å²) in [6.45, 7) is 0. The molecule has 0 amide bonds. The van der Waals surface area contributed by atoms with Crippen molar-refractivity contribution in [2.24, 2.45) is 0 Å². The van der Waals surface area contributed by atoms with E-state index in [1.807, 2.05) is 0 Å². The van der Waals surface area contributed by atoms with E-state index in [2.05, 4.69) is 9.97 Å². The Kier molecular flexibility index (Phi) is 3.73. The van der Waals surface area contributed by atoms with E-state index in [0.717, 1.165) is 0 Å². The summed E-state index contributed by atoms with van der Waals surface area (Å²) in [4.78, 5) is 30.4. The SMILES string of the molecule is O=C(Cl)c1ccc2nc(Cl)c(Cl)nc2c1C(=O)Cl. The van der Waals surface area contributed by atoms with E-state index in [4.69, 9.17) is 46.4 Å². The molecule has 1 aromatic heterocycles. The van der Waals surface area contributed by atoms with Gasteiger partial charge in [0.1, 0.15) is 5.52 Å². The molecule has 18 heavy (non-hydrogen) atoms. The van der Waals surface area contributed by atoms with Crippen LogP contribution < -0.4 is 0 Å². The van der Waals surface area contributed by atoms with Crippen molar-refractivity contribution < 1.29 is 9.59 Å². The molecule has 0 unspecified atom stereocenters. The lowest BCUT2D eigenvalue weighted by Gasteiger charge is -2.06. The molecule has 0 atom stereocenters. The quantitative estimate of drug-likeness (QED) is 0.791. The van der Waals surface area contributed by atoms with Gasteiger partial charge in [0.25, 0.3) is 10.5 Å². The summed E-state index contributed by atoms with van der Waals surface area (Å²) < 4.78 is 0. The average molecular weight is 324 g/mol. The molecule has 0 saturated carbocycles. The topological polar surface area (TPSA) is 59.9 Å². The van der Waals surface area contributed by atoms with Crippen LogP contribution in [0.1, 0.15) is 20.7 Å². The Morgan fingerprint density at radius 2 is 1.56 bits per heavy atom. The van der Waals surface area contributed by atoms with E-state index in [0.29, 0.717) is 0 Å². The van der Waals surface area contributed by atoms with E-state index in [1.165, 1.54) is 12.1 Å². The van der Waals surface area contributed by atoms with Crippen LogP contribution in [-0.4, -0.2) is 20.5 Å². The predicted octanol–water partition coefficient (Wildman–Crippen LogP) is 3.69. The Balaban J connectivity index is 2.94. The van der Waals surface area contributed by atoms with E-state index in [1.54, 1.807) is 0 Å². The first-order valence-corrected chi connectivity index (χ1v) is 5.98. The van der Waals surface area contributed by atoms with Crippen molar-refractivity contribution in [2.75, 3.05) is 0 Å². The molecule has 0 saturated heterocycles. The first-order valence-electron chi connectivity index (χ1n) is 4.47. The van der Waals surface area contributed by atoms with Crippen LogP contribution in [0.4, 0.5) is 0 Å². The lowest BCUT2D eigenvalue weighted by Crippen LogP contribution is -2.04. The maximum atomic E-state index is 11.4. The molecule has 1 aromatic carbocycles. The Morgan fingerprint density at radius 3 is 2.11 bits per heavy atom. The average Bonchev–Trinajstić information content (AvgIpc) is 2.28. The van der Waals surface area contributed by atoms with Gasteiger partial charge in [-0.1, -0.05) is 23.2 Å². The highest BCUT2D eigenvalue weighted by Crippen LogP contribution is 2.27. The van der Waals surface area contributed by atoms with Crippen LogP contribution in [0.15, 0.2) is 12.1 Å². The van der Waals surface area contributed by atoms with Crippen LogP contribution in [-0.2, 0) is 0 Å². The molecule has 92 valence electrons. The van der Waals surface area contributed by atoms with Crippen LogP contribution in [0.5, 0.6) is 0 Å². The van der Waals surface area contributed by atoms with Crippen LogP contribution in [0.2, 0.25) is 10.3 Å². The molecule has 2 rings (SSSR count). The van der Waals surface area contributed by atoms with Crippen molar-refractivity contribution in [1.29, 1.82) is 0 Å². The molecule has 0 N–H and O–H groups in total. The minimum Gasteiger partial charge on any atom is -0.276 e. The third kappa shape index (κ3) is 2.29. The zero-order valence-corrected chi connectivity index (χ0v) is 11.4. The highest BCUT2D eigenvalue weighted by atomic mass is 35.5. The van der Waals surface area contributed by atoms with Crippen molar-refractivity contribution in [1.82, 2.24) is 9.97 Å². The number of hydrogen-bond acceptors (Lipinski definition) is 4. The van der Waals surface area contributed by atoms with Crippen LogP contribution >= 0.6 is 46.4 Å². The van der Waals surface area contributed by atoms with Gasteiger partial charge in [-0.25, -0.2) is 9.97 Å². The first kappa shape index (κ1) is 13.5. The number of benzene rings is 1. The van der Waals surface area contributed by atoms with Gasteiger partial charge >= 0.3 is 0 Å². The van der Waals surface area contributed by atoms with E-state index in [9.17, 15) is 9.59 Å². The number of hydrogen-bond donors (Lipinski definition) is 0. The number of carbonyl (C=O) groups excluding carboxylic acids is 2. The first-order chi connectivity index (χ1) is 8.41. The third-order valence-electron chi connectivity index (χ3n) is 2.16.